The standard InChI is InChI=1S/C30H28N4O4/c1-4-21(24-15-33-25-12-18(14-31)9-11-23(24)25)27-17(2)8-10-22(28(27)30(37)38)19-6-5-7-20(13-19)29(36)34-16-26(35)32-3/h5-13,15,21,33H,4,16H2,1-3H3,(H,32,35)(H,34,36)(H,37,38). The van der Waals surface area contributed by atoms with Crippen LogP contribution in [0, 0.1) is 18.3 Å². The summed E-state index contributed by atoms with van der Waals surface area (Å²) in [6.07, 6.45) is 2.54. The van der Waals surface area contributed by atoms with Crippen molar-refractivity contribution in [1.29, 1.82) is 5.26 Å². The fourth-order valence-corrected chi connectivity index (χ4v) is 4.91. The molecule has 4 aromatic rings. The number of likely N-dealkylation sites (N-methyl/N-ethyl adjacent to an activating group) is 1. The van der Waals surface area contributed by atoms with Crippen LogP contribution in [-0.2, 0) is 4.79 Å². The molecule has 38 heavy (non-hydrogen) atoms. The van der Waals surface area contributed by atoms with Gasteiger partial charge in [-0.2, -0.15) is 5.26 Å². The molecule has 0 radical (unpaired) electrons. The molecule has 0 saturated carbocycles. The summed E-state index contributed by atoms with van der Waals surface area (Å²) in [5, 5.41) is 25.6. The highest BCUT2D eigenvalue weighted by Gasteiger charge is 2.27. The monoisotopic (exact) mass is 508 g/mol. The number of nitriles is 1. The average molecular weight is 509 g/mol. The maximum atomic E-state index is 12.8. The molecule has 1 heterocycles. The Balaban J connectivity index is 1.83. The zero-order chi connectivity index (χ0) is 27.4. The molecule has 0 spiro atoms. The summed E-state index contributed by atoms with van der Waals surface area (Å²) in [4.78, 5) is 40.2. The van der Waals surface area contributed by atoms with E-state index >= 15 is 0 Å². The van der Waals surface area contributed by atoms with Crippen LogP contribution in [0.25, 0.3) is 22.0 Å². The highest BCUT2D eigenvalue weighted by atomic mass is 16.4. The van der Waals surface area contributed by atoms with Crippen LogP contribution < -0.4 is 10.6 Å². The number of amides is 2. The molecule has 0 fully saturated rings. The zero-order valence-electron chi connectivity index (χ0n) is 21.4. The Morgan fingerprint density at radius 1 is 1.11 bits per heavy atom. The molecule has 0 aliphatic rings. The number of aromatic nitrogens is 1. The Morgan fingerprint density at radius 3 is 2.58 bits per heavy atom. The average Bonchev–Trinajstić information content (AvgIpc) is 3.35. The van der Waals surface area contributed by atoms with Crippen molar-refractivity contribution >= 4 is 28.7 Å². The van der Waals surface area contributed by atoms with E-state index in [1.165, 1.54) is 7.05 Å². The summed E-state index contributed by atoms with van der Waals surface area (Å²) in [5.41, 5.74) is 5.47. The SMILES string of the molecule is CCC(c1c(C)ccc(-c2cccc(C(=O)NCC(=O)NC)c2)c1C(=O)O)c1c[nH]c2cc(C#N)ccc12. The second-order valence-corrected chi connectivity index (χ2v) is 9.04. The largest absolute Gasteiger partial charge is 0.478 e. The van der Waals surface area contributed by atoms with Gasteiger partial charge >= 0.3 is 5.97 Å². The topological polar surface area (TPSA) is 135 Å². The number of carboxylic acid groups (broad SMARTS) is 1. The number of aryl methyl sites for hydroxylation is 1. The van der Waals surface area contributed by atoms with E-state index in [1.807, 2.05) is 32.2 Å². The molecule has 4 rings (SSSR count). The van der Waals surface area contributed by atoms with Crippen LogP contribution in [0.5, 0.6) is 0 Å². The second-order valence-electron chi connectivity index (χ2n) is 9.04. The van der Waals surface area contributed by atoms with Gasteiger partial charge in [0.2, 0.25) is 5.91 Å². The van der Waals surface area contributed by atoms with Crippen molar-refractivity contribution < 1.29 is 19.5 Å². The molecule has 4 N–H and O–H groups in total. The van der Waals surface area contributed by atoms with E-state index in [0.29, 0.717) is 34.2 Å². The third kappa shape index (κ3) is 5.00. The van der Waals surface area contributed by atoms with E-state index in [4.69, 9.17) is 0 Å². The van der Waals surface area contributed by atoms with Gasteiger partial charge in [0.15, 0.2) is 0 Å². The summed E-state index contributed by atoms with van der Waals surface area (Å²) < 4.78 is 0. The van der Waals surface area contributed by atoms with Crippen molar-refractivity contribution in [2.45, 2.75) is 26.2 Å². The van der Waals surface area contributed by atoms with Gasteiger partial charge in [0, 0.05) is 35.6 Å². The fourth-order valence-electron chi connectivity index (χ4n) is 4.91. The number of hydrogen-bond donors (Lipinski definition) is 4. The van der Waals surface area contributed by atoms with Gasteiger partial charge < -0.3 is 20.7 Å². The number of nitrogens with zero attached hydrogens (tertiary/aromatic N) is 1. The first-order valence-corrected chi connectivity index (χ1v) is 12.3. The number of aromatic amines is 1. The van der Waals surface area contributed by atoms with Gasteiger partial charge in [-0.25, -0.2) is 4.79 Å². The Bertz CT molecular complexity index is 1600. The number of carbonyl (C=O) groups is 3. The van der Waals surface area contributed by atoms with E-state index in [1.54, 1.807) is 42.5 Å². The minimum Gasteiger partial charge on any atom is -0.478 e. The number of fused-ring (bicyclic) bond motifs is 1. The molecule has 2 amide bonds. The molecule has 1 aromatic heterocycles. The third-order valence-corrected chi connectivity index (χ3v) is 6.78. The van der Waals surface area contributed by atoms with E-state index in [0.717, 1.165) is 22.0 Å². The predicted molar refractivity (Wildman–Crippen MR) is 145 cm³/mol. The van der Waals surface area contributed by atoms with Crippen molar-refractivity contribution in [1.82, 2.24) is 15.6 Å². The maximum absolute atomic E-state index is 12.8. The zero-order valence-corrected chi connectivity index (χ0v) is 21.4. The summed E-state index contributed by atoms with van der Waals surface area (Å²) in [6.45, 7) is 3.76. The quantitative estimate of drug-likeness (QED) is 0.273. The Labute approximate surface area is 220 Å². The lowest BCUT2D eigenvalue weighted by molar-refractivity contribution is -0.119. The van der Waals surface area contributed by atoms with Crippen LogP contribution in [-0.4, -0.2) is 41.5 Å². The number of aromatic carboxylic acids is 1. The van der Waals surface area contributed by atoms with Gasteiger partial charge in [0.25, 0.3) is 5.91 Å². The van der Waals surface area contributed by atoms with Crippen LogP contribution >= 0.6 is 0 Å². The van der Waals surface area contributed by atoms with Crippen LogP contribution in [0.15, 0.2) is 60.8 Å². The Morgan fingerprint density at radius 2 is 1.89 bits per heavy atom. The molecular weight excluding hydrogens is 480 g/mol. The lowest BCUT2D eigenvalue weighted by atomic mass is 9.80. The predicted octanol–water partition coefficient (Wildman–Crippen LogP) is 4.73. The lowest BCUT2D eigenvalue weighted by Crippen LogP contribution is -2.35. The van der Waals surface area contributed by atoms with E-state index in [-0.39, 0.29) is 23.9 Å². The number of carboxylic acids is 1. The number of H-pyrrole nitrogens is 1. The molecule has 0 aliphatic carbocycles. The normalized spacial score (nSPS) is 11.5. The van der Waals surface area contributed by atoms with Gasteiger partial charge in [-0.05, 0) is 65.4 Å². The van der Waals surface area contributed by atoms with Gasteiger partial charge in [0.1, 0.15) is 0 Å². The minimum absolute atomic E-state index is 0.159. The molecular formula is C30H28N4O4. The van der Waals surface area contributed by atoms with Crippen molar-refractivity contribution in [3.63, 3.8) is 0 Å². The minimum atomic E-state index is -1.06. The van der Waals surface area contributed by atoms with Crippen LogP contribution in [0.1, 0.15) is 62.2 Å². The van der Waals surface area contributed by atoms with Crippen molar-refractivity contribution in [3.8, 4) is 17.2 Å². The summed E-state index contributed by atoms with van der Waals surface area (Å²) in [6, 6.07) is 18.0. The molecule has 192 valence electrons. The first-order chi connectivity index (χ1) is 18.3. The fraction of sp³-hybridized carbons (Fsp3) is 0.200. The molecule has 3 aromatic carbocycles. The summed E-state index contributed by atoms with van der Waals surface area (Å²) >= 11 is 0. The van der Waals surface area contributed by atoms with Gasteiger partial charge in [-0.1, -0.05) is 37.3 Å². The number of benzene rings is 3. The second kappa shape index (κ2) is 11.0. The van der Waals surface area contributed by atoms with Gasteiger partial charge in [-0.3, -0.25) is 9.59 Å². The molecule has 0 aliphatic heterocycles. The van der Waals surface area contributed by atoms with Gasteiger partial charge in [-0.15, -0.1) is 0 Å². The third-order valence-electron chi connectivity index (χ3n) is 6.78. The smallest absolute Gasteiger partial charge is 0.336 e. The first-order valence-electron chi connectivity index (χ1n) is 12.3. The highest BCUT2D eigenvalue weighted by Crippen LogP contribution is 2.40. The maximum Gasteiger partial charge on any atom is 0.336 e. The molecule has 0 bridgehead atoms. The van der Waals surface area contributed by atoms with Crippen molar-refractivity contribution in [2.24, 2.45) is 0 Å². The lowest BCUT2D eigenvalue weighted by Gasteiger charge is -2.22. The molecule has 0 saturated heterocycles. The highest BCUT2D eigenvalue weighted by molar-refractivity contribution is 6.01. The molecule has 1 atom stereocenters. The molecule has 8 heteroatoms. The Hall–Kier alpha value is -4.90. The summed E-state index contributed by atoms with van der Waals surface area (Å²) in [5.74, 6) is -2.03. The Kier molecular flexibility index (Phi) is 7.58. The van der Waals surface area contributed by atoms with Crippen molar-refractivity contribution in [3.05, 3.63) is 94.2 Å². The number of carbonyl (C=O) groups excluding carboxylic acids is 2. The number of hydrogen-bond acceptors (Lipinski definition) is 4. The van der Waals surface area contributed by atoms with Crippen molar-refractivity contribution in [2.75, 3.05) is 13.6 Å². The summed E-state index contributed by atoms with van der Waals surface area (Å²) in [7, 11) is 1.49. The van der Waals surface area contributed by atoms with E-state index in [2.05, 4.69) is 21.7 Å². The van der Waals surface area contributed by atoms with Crippen LogP contribution in [0.3, 0.4) is 0 Å². The van der Waals surface area contributed by atoms with E-state index < -0.39 is 11.9 Å². The van der Waals surface area contributed by atoms with E-state index in [9.17, 15) is 24.8 Å². The molecule has 8 nitrogen and oxygen atoms in total. The first kappa shape index (κ1) is 26.2. The number of nitrogens with one attached hydrogen (secondary N) is 3. The number of rotatable bonds is 8. The van der Waals surface area contributed by atoms with Crippen LogP contribution in [0.4, 0.5) is 0 Å². The molecule has 1 unspecified atom stereocenters. The van der Waals surface area contributed by atoms with Gasteiger partial charge in [0.05, 0.1) is 23.7 Å². The van der Waals surface area contributed by atoms with Crippen LogP contribution in [0.2, 0.25) is 0 Å².